The van der Waals surface area contributed by atoms with Gasteiger partial charge in [-0.1, -0.05) is 13.8 Å². The van der Waals surface area contributed by atoms with E-state index in [0.29, 0.717) is 13.0 Å². The largest absolute Gasteiger partial charge is 0.384 e. The molecule has 3 atom stereocenters. The van der Waals surface area contributed by atoms with Crippen LogP contribution in [0.5, 0.6) is 0 Å². The standard InChI is InChI=1S/C11H19NO3S/c1-4-16(13,14)11(8-12)6-10(7-15-3)5-9(11)2/h9-10H,4-7H2,1-3H3/t9-,10+,11+/m0/s1. The van der Waals surface area contributed by atoms with Gasteiger partial charge >= 0.3 is 0 Å². The highest BCUT2D eigenvalue weighted by molar-refractivity contribution is 7.93. The Morgan fingerprint density at radius 3 is 2.62 bits per heavy atom. The molecule has 1 fully saturated rings. The molecule has 0 spiro atoms. The Kier molecular flexibility index (Phi) is 3.97. The third-order valence-electron chi connectivity index (χ3n) is 3.60. The van der Waals surface area contributed by atoms with Crippen molar-refractivity contribution in [1.82, 2.24) is 0 Å². The van der Waals surface area contributed by atoms with E-state index in [4.69, 9.17) is 4.74 Å². The molecule has 5 heteroatoms. The molecule has 1 aliphatic rings. The number of rotatable bonds is 4. The van der Waals surface area contributed by atoms with Gasteiger partial charge in [0.2, 0.25) is 0 Å². The normalized spacial score (nSPS) is 34.9. The number of nitrogens with zero attached hydrogens (tertiary/aromatic N) is 1. The van der Waals surface area contributed by atoms with Crippen LogP contribution in [0, 0.1) is 23.2 Å². The van der Waals surface area contributed by atoms with Gasteiger partial charge in [0.05, 0.1) is 6.07 Å². The predicted octanol–water partition coefficient (Wildman–Crippen LogP) is 1.38. The molecule has 0 aromatic heterocycles. The van der Waals surface area contributed by atoms with E-state index in [0.717, 1.165) is 6.42 Å². The molecule has 4 nitrogen and oxygen atoms in total. The third-order valence-corrected chi connectivity index (χ3v) is 6.13. The summed E-state index contributed by atoms with van der Waals surface area (Å²) in [5, 5.41) is 9.27. The maximum absolute atomic E-state index is 12.1. The first-order valence-corrected chi connectivity index (χ1v) is 7.21. The molecule has 0 aliphatic heterocycles. The zero-order chi connectivity index (χ0) is 12.4. The molecule has 92 valence electrons. The number of hydrogen-bond acceptors (Lipinski definition) is 4. The van der Waals surface area contributed by atoms with Gasteiger partial charge in [-0.25, -0.2) is 8.42 Å². The average Bonchev–Trinajstić information content (AvgIpc) is 2.57. The van der Waals surface area contributed by atoms with Crippen LogP contribution in [0.4, 0.5) is 0 Å². The fraction of sp³-hybridized carbons (Fsp3) is 0.909. The van der Waals surface area contributed by atoms with Gasteiger partial charge in [-0.05, 0) is 24.7 Å². The fourth-order valence-corrected chi connectivity index (χ4v) is 4.54. The van der Waals surface area contributed by atoms with Crippen LogP contribution in [0.25, 0.3) is 0 Å². The van der Waals surface area contributed by atoms with E-state index in [1.54, 1.807) is 14.0 Å². The summed E-state index contributed by atoms with van der Waals surface area (Å²) in [4.78, 5) is 0. The monoisotopic (exact) mass is 245 g/mol. The summed E-state index contributed by atoms with van der Waals surface area (Å²) in [5.74, 6) is 0.105. The van der Waals surface area contributed by atoms with Crippen LogP contribution in [-0.4, -0.2) is 32.6 Å². The van der Waals surface area contributed by atoms with Crippen LogP contribution in [0.1, 0.15) is 26.7 Å². The third kappa shape index (κ3) is 1.96. The van der Waals surface area contributed by atoms with Crippen molar-refractivity contribution in [2.45, 2.75) is 31.4 Å². The van der Waals surface area contributed by atoms with Crippen LogP contribution in [0.2, 0.25) is 0 Å². The number of hydrogen-bond donors (Lipinski definition) is 0. The first-order chi connectivity index (χ1) is 7.43. The predicted molar refractivity (Wildman–Crippen MR) is 61.6 cm³/mol. The second-order valence-electron chi connectivity index (χ2n) is 4.57. The molecule has 0 unspecified atom stereocenters. The van der Waals surface area contributed by atoms with Gasteiger partial charge in [0.1, 0.15) is 0 Å². The van der Waals surface area contributed by atoms with Crippen molar-refractivity contribution in [3.05, 3.63) is 0 Å². The van der Waals surface area contributed by atoms with Gasteiger partial charge in [-0.3, -0.25) is 0 Å². The summed E-state index contributed by atoms with van der Waals surface area (Å²) in [7, 11) is -1.72. The lowest BCUT2D eigenvalue weighted by Gasteiger charge is -2.25. The number of nitriles is 1. The lowest BCUT2D eigenvalue weighted by Crippen LogP contribution is -2.41. The van der Waals surface area contributed by atoms with Crippen molar-refractivity contribution in [3.8, 4) is 6.07 Å². The van der Waals surface area contributed by atoms with Crippen molar-refractivity contribution >= 4 is 9.84 Å². The summed E-state index contributed by atoms with van der Waals surface area (Å²) >= 11 is 0. The lowest BCUT2D eigenvalue weighted by molar-refractivity contribution is 0.153. The molecule has 1 rings (SSSR count). The summed E-state index contributed by atoms with van der Waals surface area (Å²) < 4.78 is 28.0. The molecule has 1 saturated carbocycles. The molecule has 0 saturated heterocycles. The zero-order valence-electron chi connectivity index (χ0n) is 10.1. The van der Waals surface area contributed by atoms with Gasteiger partial charge in [0, 0.05) is 19.5 Å². The van der Waals surface area contributed by atoms with E-state index in [9.17, 15) is 13.7 Å². The van der Waals surface area contributed by atoms with Crippen LogP contribution < -0.4 is 0 Å². The Morgan fingerprint density at radius 1 is 1.56 bits per heavy atom. The lowest BCUT2D eigenvalue weighted by atomic mass is 9.99. The smallest absolute Gasteiger partial charge is 0.169 e. The second kappa shape index (κ2) is 4.72. The number of sulfone groups is 1. The van der Waals surface area contributed by atoms with Crippen molar-refractivity contribution < 1.29 is 13.2 Å². The maximum Gasteiger partial charge on any atom is 0.169 e. The van der Waals surface area contributed by atoms with E-state index in [1.165, 1.54) is 0 Å². The van der Waals surface area contributed by atoms with Crippen LogP contribution in [0.3, 0.4) is 0 Å². The quantitative estimate of drug-likeness (QED) is 0.750. The molecule has 0 amide bonds. The molecular weight excluding hydrogens is 226 g/mol. The molecule has 0 aromatic carbocycles. The SMILES string of the molecule is CCS(=O)(=O)[C@@]1(C#N)C[C@H](COC)C[C@@H]1C. The van der Waals surface area contributed by atoms with Crippen LogP contribution in [-0.2, 0) is 14.6 Å². The Morgan fingerprint density at radius 2 is 2.19 bits per heavy atom. The van der Waals surface area contributed by atoms with Gasteiger partial charge in [0.15, 0.2) is 14.6 Å². The van der Waals surface area contributed by atoms with Gasteiger partial charge < -0.3 is 4.74 Å². The minimum atomic E-state index is -3.33. The molecule has 0 N–H and O–H groups in total. The van der Waals surface area contributed by atoms with E-state index in [2.05, 4.69) is 6.07 Å². The summed E-state index contributed by atoms with van der Waals surface area (Å²) in [6.45, 7) is 3.99. The molecule has 0 heterocycles. The molecular formula is C11H19NO3S. The molecule has 0 aromatic rings. The first-order valence-electron chi connectivity index (χ1n) is 5.56. The summed E-state index contributed by atoms with van der Waals surface area (Å²) in [6.07, 6.45) is 1.16. The second-order valence-corrected chi connectivity index (χ2v) is 7.10. The van der Waals surface area contributed by atoms with Gasteiger partial charge in [0.25, 0.3) is 0 Å². The van der Waals surface area contributed by atoms with E-state index in [-0.39, 0.29) is 17.6 Å². The highest BCUT2D eigenvalue weighted by Gasteiger charge is 2.53. The Balaban J connectivity index is 3.04. The van der Waals surface area contributed by atoms with Gasteiger partial charge in [-0.2, -0.15) is 5.26 Å². The van der Waals surface area contributed by atoms with E-state index >= 15 is 0 Å². The van der Waals surface area contributed by atoms with E-state index in [1.807, 2.05) is 6.92 Å². The van der Waals surface area contributed by atoms with Crippen molar-refractivity contribution in [2.75, 3.05) is 19.5 Å². The Labute approximate surface area is 97.5 Å². The van der Waals surface area contributed by atoms with E-state index < -0.39 is 14.6 Å². The molecule has 16 heavy (non-hydrogen) atoms. The van der Waals surface area contributed by atoms with Crippen molar-refractivity contribution in [1.29, 1.82) is 5.26 Å². The number of ether oxygens (including phenoxy) is 1. The summed E-state index contributed by atoms with van der Waals surface area (Å²) in [6, 6.07) is 2.06. The number of methoxy groups -OCH3 is 1. The fourth-order valence-electron chi connectivity index (χ4n) is 2.68. The minimum absolute atomic E-state index is 0.0323. The Hall–Kier alpha value is -0.600. The first kappa shape index (κ1) is 13.5. The van der Waals surface area contributed by atoms with Crippen LogP contribution >= 0.6 is 0 Å². The van der Waals surface area contributed by atoms with Gasteiger partial charge in [-0.15, -0.1) is 0 Å². The summed E-state index contributed by atoms with van der Waals surface area (Å²) in [5.41, 5.74) is 0. The molecule has 0 bridgehead atoms. The van der Waals surface area contributed by atoms with Crippen LogP contribution in [0.15, 0.2) is 0 Å². The highest BCUT2D eigenvalue weighted by atomic mass is 32.2. The minimum Gasteiger partial charge on any atom is -0.384 e. The molecule has 1 aliphatic carbocycles. The topological polar surface area (TPSA) is 67.2 Å². The van der Waals surface area contributed by atoms with Crippen molar-refractivity contribution in [3.63, 3.8) is 0 Å². The molecule has 0 radical (unpaired) electrons. The van der Waals surface area contributed by atoms with Crippen molar-refractivity contribution in [2.24, 2.45) is 11.8 Å². The highest BCUT2D eigenvalue weighted by Crippen LogP contribution is 2.45. The maximum atomic E-state index is 12.1. The zero-order valence-corrected chi connectivity index (χ0v) is 10.9. The Bertz CT molecular complexity index is 385. The average molecular weight is 245 g/mol.